The summed E-state index contributed by atoms with van der Waals surface area (Å²) in [5, 5.41) is 3.30. The second kappa shape index (κ2) is 7.30. The van der Waals surface area contributed by atoms with Crippen molar-refractivity contribution in [2.75, 3.05) is 26.7 Å². The van der Waals surface area contributed by atoms with Crippen LogP contribution in [0, 0.1) is 0 Å². The standard InChI is InChI=1S/C16H21BrN2O2.ClH/c1-21-16(6-8-18-9-7-16)15(20)19-10-5-12-3-2-4-14(17)13(12)11-19;/h2-4,18H,5-11H2,1H3;1H. The third-order valence-electron chi connectivity index (χ3n) is 4.69. The Morgan fingerprint density at radius 2 is 2.09 bits per heavy atom. The molecule has 0 spiro atoms. The van der Waals surface area contributed by atoms with Crippen molar-refractivity contribution in [3.8, 4) is 0 Å². The molecule has 0 aliphatic carbocycles. The van der Waals surface area contributed by atoms with Gasteiger partial charge in [-0.1, -0.05) is 28.1 Å². The number of piperidine rings is 1. The highest BCUT2D eigenvalue weighted by Gasteiger charge is 2.43. The molecule has 0 atom stereocenters. The highest BCUT2D eigenvalue weighted by atomic mass is 79.9. The van der Waals surface area contributed by atoms with E-state index in [1.165, 1.54) is 11.1 Å². The van der Waals surface area contributed by atoms with Crippen LogP contribution >= 0.6 is 28.3 Å². The van der Waals surface area contributed by atoms with Gasteiger partial charge in [-0.05, 0) is 49.5 Å². The van der Waals surface area contributed by atoms with Crippen LogP contribution < -0.4 is 5.32 Å². The fourth-order valence-electron chi connectivity index (χ4n) is 3.34. The summed E-state index contributed by atoms with van der Waals surface area (Å²) < 4.78 is 6.76. The number of hydrogen-bond acceptors (Lipinski definition) is 3. The second-order valence-electron chi connectivity index (χ2n) is 5.80. The molecule has 1 aromatic carbocycles. The molecule has 22 heavy (non-hydrogen) atoms. The van der Waals surface area contributed by atoms with Gasteiger partial charge in [0.15, 0.2) is 0 Å². The maximum Gasteiger partial charge on any atom is 0.255 e. The Bertz CT molecular complexity index is 547. The van der Waals surface area contributed by atoms with Gasteiger partial charge in [-0.3, -0.25) is 4.79 Å². The van der Waals surface area contributed by atoms with Crippen LogP contribution in [0.5, 0.6) is 0 Å². The van der Waals surface area contributed by atoms with Gasteiger partial charge in [-0.25, -0.2) is 0 Å². The first kappa shape index (κ1) is 17.7. The minimum Gasteiger partial charge on any atom is -0.368 e. The molecule has 0 radical (unpaired) electrons. The molecule has 4 nitrogen and oxygen atoms in total. The molecule has 2 aliphatic heterocycles. The zero-order chi connectivity index (χ0) is 14.9. The third kappa shape index (κ3) is 3.18. The summed E-state index contributed by atoms with van der Waals surface area (Å²) in [5.74, 6) is 0.146. The van der Waals surface area contributed by atoms with E-state index in [0.717, 1.165) is 43.4 Å². The van der Waals surface area contributed by atoms with Crippen molar-refractivity contribution in [3.05, 3.63) is 33.8 Å². The summed E-state index contributed by atoms with van der Waals surface area (Å²) >= 11 is 3.61. The number of benzene rings is 1. The van der Waals surface area contributed by atoms with Gasteiger partial charge >= 0.3 is 0 Å². The van der Waals surface area contributed by atoms with Gasteiger partial charge in [0.2, 0.25) is 0 Å². The monoisotopic (exact) mass is 388 g/mol. The lowest BCUT2D eigenvalue weighted by Gasteiger charge is -2.40. The number of carbonyl (C=O) groups excluding carboxylic acids is 1. The largest absolute Gasteiger partial charge is 0.368 e. The fourth-order valence-corrected chi connectivity index (χ4v) is 3.87. The van der Waals surface area contributed by atoms with Crippen molar-refractivity contribution >= 4 is 34.2 Å². The van der Waals surface area contributed by atoms with E-state index in [1.807, 2.05) is 11.0 Å². The van der Waals surface area contributed by atoms with Crippen LogP contribution in [0.25, 0.3) is 0 Å². The second-order valence-corrected chi connectivity index (χ2v) is 6.66. The van der Waals surface area contributed by atoms with Gasteiger partial charge in [-0.2, -0.15) is 0 Å². The normalized spacial score (nSPS) is 20.0. The average Bonchev–Trinajstić information content (AvgIpc) is 2.55. The van der Waals surface area contributed by atoms with Gasteiger partial charge < -0.3 is 15.0 Å². The van der Waals surface area contributed by atoms with Crippen LogP contribution in [0.4, 0.5) is 0 Å². The zero-order valence-corrected chi connectivity index (χ0v) is 15.1. The summed E-state index contributed by atoms with van der Waals surface area (Å²) in [7, 11) is 1.66. The highest BCUT2D eigenvalue weighted by Crippen LogP contribution is 2.31. The molecule has 0 aromatic heterocycles. The Labute approximate surface area is 146 Å². The van der Waals surface area contributed by atoms with Crippen molar-refractivity contribution in [1.82, 2.24) is 10.2 Å². The van der Waals surface area contributed by atoms with Crippen molar-refractivity contribution in [1.29, 1.82) is 0 Å². The molecule has 1 amide bonds. The fraction of sp³-hybridized carbons (Fsp3) is 0.562. The molecular weight excluding hydrogens is 368 g/mol. The first-order chi connectivity index (χ1) is 10.2. The SMILES string of the molecule is COC1(C(=O)N2CCc3cccc(Br)c3C2)CCNCC1.Cl. The summed E-state index contributed by atoms with van der Waals surface area (Å²) in [4.78, 5) is 14.9. The molecule has 1 aromatic rings. The third-order valence-corrected chi connectivity index (χ3v) is 5.44. The maximum atomic E-state index is 13.0. The van der Waals surface area contributed by atoms with Crippen molar-refractivity contribution in [2.24, 2.45) is 0 Å². The first-order valence-corrected chi connectivity index (χ1v) is 8.27. The number of fused-ring (bicyclic) bond motifs is 1. The summed E-state index contributed by atoms with van der Waals surface area (Å²) in [6, 6.07) is 6.26. The molecule has 1 N–H and O–H groups in total. The average molecular weight is 390 g/mol. The predicted octanol–water partition coefficient (Wildman–Crippen LogP) is 2.52. The Hall–Kier alpha value is -0.620. The lowest BCUT2D eigenvalue weighted by atomic mass is 9.89. The predicted molar refractivity (Wildman–Crippen MR) is 92.4 cm³/mol. The smallest absolute Gasteiger partial charge is 0.255 e. The van der Waals surface area contributed by atoms with Crippen LogP contribution in [0.2, 0.25) is 0 Å². The summed E-state index contributed by atoms with van der Waals surface area (Å²) in [6.07, 6.45) is 2.42. The topological polar surface area (TPSA) is 41.6 Å². The summed E-state index contributed by atoms with van der Waals surface area (Å²) in [6.45, 7) is 3.14. The van der Waals surface area contributed by atoms with Crippen LogP contribution in [-0.2, 0) is 22.5 Å². The van der Waals surface area contributed by atoms with Gasteiger partial charge in [0, 0.05) is 24.7 Å². The molecule has 2 aliphatic rings. The van der Waals surface area contributed by atoms with Gasteiger partial charge in [-0.15, -0.1) is 12.4 Å². The number of ether oxygens (including phenoxy) is 1. The minimum atomic E-state index is -0.635. The lowest BCUT2D eigenvalue weighted by Crippen LogP contribution is -2.56. The highest BCUT2D eigenvalue weighted by molar-refractivity contribution is 9.10. The minimum absolute atomic E-state index is 0. The lowest BCUT2D eigenvalue weighted by molar-refractivity contribution is -0.159. The number of carbonyl (C=O) groups is 1. The number of rotatable bonds is 2. The van der Waals surface area contributed by atoms with E-state index in [-0.39, 0.29) is 18.3 Å². The number of halogens is 2. The molecule has 2 heterocycles. The molecule has 1 fully saturated rings. The molecule has 122 valence electrons. The molecule has 1 saturated heterocycles. The van der Waals surface area contributed by atoms with E-state index >= 15 is 0 Å². The Kier molecular flexibility index (Phi) is 5.88. The Morgan fingerprint density at radius 3 is 2.77 bits per heavy atom. The van der Waals surface area contributed by atoms with Crippen LogP contribution in [0.15, 0.2) is 22.7 Å². The van der Waals surface area contributed by atoms with Crippen molar-refractivity contribution in [3.63, 3.8) is 0 Å². The van der Waals surface area contributed by atoms with Gasteiger partial charge in [0.25, 0.3) is 5.91 Å². The Morgan fingerprint density at radius 1 is 1.36 bits per heavy atom. The van der Waals surface area contributed by atoms with E-state index in [4.69, 9.17) is 4.74 Å². The van der Waals surface area contributed by atoms with Gasteiger partial charge in [0.1, 0.15) is 5.60 Å². The molecule has 0 unspecified atom stereocenters. The maximum absolute atomic E-state index is 13.0. The van der Waals surface area contributed by atoms with Crippen LogP contribution in [0.1, 0.15) is 24.0 Å². The van der Waals surface area contributed by atoms with E-state index < -0.39 is 5.60 Å². The van der Waals surface area contributed by atoms with Crippen molar-refractivity contribution in [2.45, 2.75) is 31.4 Å². The van der Waals surface area contributed by atoms with E-state index in [1.54, 1.807) is 7.11 Å². The zero-order valence-electron chi connectivity index (χ0n) is 12.7. The number of amides is 1. The molecule has 3 rings (SSSR count). The first-order valence-electron chi connectivity index (χ1n) is 7.48. The van der Waals surface area contributed by atoms with Crippen LogP contribution in [-0.4, -0.2) is 43.2 Å². The van der Waals surface area contributed by atoms with E-state index in [2.05, 4.69) is 33.4 Å². The number of nitrogens with zero attached hydrogens (tertiary/aromatic N) is 1. The Balaban J connectivity index is 0.00000176. The number of hydrogen-bond donors (Lipinski definition) is 1. The van der Waals surface area contributed by atoms with E-state index in [0.29, 0.717) is 6.54 Å². The number of nitrogens with one attached hydrogen (secondary N) is 1. The van der Waals surface area contributed by atoms with Crippen molar-refractivity contribution < 1.29 is 9.53 Å². The molecule has 6 heteroatoms. The molecular formula is C16H22BrClN2O2. The van der Waals surface area contributed by atoms with Gasteiger partial charge in [0.05, 0.1) is 0 Å². The quantitative estimate of drug-likeness (QED) is 0.845. The molecule has 0 saturated carbocycles. The van der Waals surface area contributed by atoms with Crippen LogP contribution in [0.3, 0.4) is 0 Å². The van der Waals surface area contributed by atoms with E-state index in [9.17, 15) is 4.79 Å². The summed E-state index contributed by atoms with van der Waals surface area (Å²) in [5.41, 5.74) is 1.94. The number of methoxy groups -OCH3 is 1. The molecule has 0 bridgehead atoms.